The van der Waals surface area contributed by atoms with E-state index in [0.29, 0.717) is 26.1 Å². The summed E-state index contributed by atoms with van der Waals surface area (Å²) in [5.74, 6) is 0.0403. The van der Waals surface area contributed by atoms with Crippen molar-refractivity contribution in [1.29, 1.82) is 5.26 Å². The highest BCUT2D eigenvalue weighted by Gasteiger charge is 2.20. The van der Waals surface area contributed by atoms with Crippen LogP contribution in [0.25, 0.3) is 27.6 Å². The van der Waals surface area contributed by atoms with Crippen molar-refractivity contribution in [3.63, 3.8) is 0 Å². The number of carbonyl (C=O) groups excluding carboxylic acids is 1. The van der Waals surface area contributed by atoms with Crippen molar-refractivity contribution in [2.75, 3.05) is 26.2 Å². The zero-order valence-electron chi connectivity index (χ0n) is 19.5. The molecule has 4 aromatic rings. The molecule has 3 heterocycles. The van der Waals surface area contributed by atoms with Crippen LogP contribution in [0.4, 0.5) is 0 Å². The van der Waals surface area contributed by atoms with E-state index in [-0.39, 0.29) is 5.91 Å². The first-order chi connectivity index (χ1) is 17.2. The lowest BCUT2D eigenvalue weighted by Gasteiger charge is -2.33. The van der Waals surface area contributed by atoms with Gasteiger partial charge in [-0.3, -0.25) is 9.69 Å². The average molecular weight is 482 g/mol. The predicted octanol–water partition coefficient (Wildman–Crippen LogP) is 5.04. The van der Waals surface area contributed by atoms with E-state index in [1.807, 2.05) is 47.5 Å². The minimum atomic E-state index is 0.0403. The molecule has 176 valence electrons. The molecule has 1 fully saturated rings. The normalized spacial score (nSPS) is 14.5. The lowest BCUT2D eigenvalue weighted by Crippen LogP contribution is -2.47. The quantitative estimate of drug-likeness (QED) is 0.347. The van der Waals surface area contributed by atoms with Crippen LogP contribution in [0.15, 0.2) is 72.3 Å². The fraction of sp³-hybridized carbons (Fsp3) is 0.250. The number of hydrogen-bond acceptors (Lipinski definition) is 5. The van der Waals surface area contributed by atoms with E-state index in [9.17, 15) is 4.79 Å². The smallest absolute Gasteiger partial charge is 0.246 e. The van der Waals surface area contributed by atoms with Crippen molar-refractivity contribution >= 4 is 34.2 Å². The first-order valence-electron chi connectivity index (χ1n) is 11.9. The fourth-order valence-corrected chi connectivity index (χ4v) is 5.30. The number of carbonyl (C=O) groups is 1. The minimum Gasteiger partial charge on any atom is -0.346 e. The molecular formula is C28H27N5OS. The third kappa shape index (κ3) is 5.35. The number of fused-ring (bicyclic) bond motifs is 1. The molecule has 35 heavy (non-hydrogen) atoms. The summed E-state index contributed by atoms with van der Waals surface area (Å²) in [6.45, 7) is 4.55. The van der Waals surface area contributed by atoms with Crippen molar-refractivity contribution in [2.24, 2.45) is 0 Å². The van der Waals surface area contributed by atoms with Gasteiger partial charge >= 0.3 is 0 Å². The lowest BCUT2D eigenvalue weighted by atomic mass is 10.1. The highest BCUT2D eigenvalue weighted by atomic mass is 32.1. The zero-order valence-corrected chi connectivity index (χ0v) is 20.3. The van der Waals surface area contributed by atoms with Crippen molar-refractivity contribution in [3.05, 3.63) is 83.5 Å². The van der Waals surface area contributed by atoms with E-state index >= 15 is 0 Å². The summed E-state index contributed by atoms with van der Waals surface area (Å²) in [4.78, 5) is 22.0. The van der Waals surface area contributed by atoms with Gasteiger partial charge in [0.2, 0.25) is 5.91 Å². The molecule has 0 N–H and O–H groups in total. The van der Waals surface area contributed by atoms with Gasteiger partial charge in [0.15, 0.2) is 0 Å². The second-order valence-electron chi connectivity index (χ2n) is 8.65. The summed E-state index contributed by atoms with van der Waals surface area (Å²) in [7, 11) is 0. The molecule has 7 heteroatoms. The Hall–Kier alpha value is -3.73. The largest absolute Gasteiger partial charge is 0.346 e. The number of nitriles is 1. The average Bonchev–Trinajstić information content (AvgIpc) is 3.52. The molecule has 0 unspecified atom stereocenters. The van der Waals surface area contributed by atoms with Gasteiger partial charge in [0.1, 0.15) is 5.01 Å². The molecule has 0 bridgehead atoms. The van der Waals surface area contributed by atoms with Crippen LogP contribution in [0.2, 0.25) is 0 Å². The van der Waals surface area contributed by atoms with Crippen LogP contribution in [0.5, 0.6) is 0 Å². The highest BCUT2D eigenvalue weighted by molar-refractivity contribution is 7.13. The van der Waals surface area contributed by atoms with Gasteiger partial charge in [0.05, 0.1) is 18.2 Å². The van der Waals surface area contributed by atoms with Crippen molar-refractivity contribution in [2.45, 2.75) is 19.5 Å². The number of benzene rings is 2. The van der Waals surface area contributed by atoms with Gasteiger partial charge in [0, 0.05) is 79.0 Å². The summed E-state index contributed by atoms with van der Waals surface area (Å²) < 4.78 is 2.09. The molecule has 0 radical (unpaired) electrons. The highest BCUT2D eigenvalue weighted by Crippen LogP contribution is 2.25. The summed E-state index contributed by atoms with van der Waals surface area (Å²) in [5, 5.41) is 13.2. The first kappa shape index (κ1) is 23.0. The summed E-state index contributed by atoms with van der Waals surface area (Å²) in [6.07, 6.45) is 6.07. The third-order valence-corrected chi connectivity index (χ3v) is 7.27. The van der Waals surface area contributed by atoms with Crippen molar-refractivity contribution in [3.8, 4) is 16.6 Å². The number of hydrogen-bond donors (Lipinski definition) is 0. The number of nitrogens with zero attached hydrogens (tertiary/aromatic N) is 5. The van der Waals surface area contributed by atoms with Gasteiger partial charge in [-0.25, -0.2) is 4.98 Å². The number of aryl methyl sites for hydroxylation is 1. The Labute approximate surface area is 209 Å². The molecule has 0 saturated carbocycles. The van der Waals surface area contributed by atoms with E-state index in [1.165, 1.54) is 0 Å². The van der Waals surface area contributed by atoms with Crippen LogP contribution < -0.4 is 0 Å². The van der Waals surface area contributed by atoms with Gasteiger partial charge in [0.25, 0.3) is 0 Å². The fourth-order valence-electron chi connectivity index (χ4n) is 4.48. The standard InChI is InChI=1S/C28H27N5OS/c29-13-6-14-33-19-23(25-9-4-5-10-26(25)33)11-12-27(34)32-17-15-31(16-18-32)20-24-21-35-28(30-24)22-7-2-1-3-8-22/h1-5,7-12,19,21H,6,14-18,20H2/b12-11+. The third-order valence-electron chi connectivity index (χ3n) is 6.33. The van der Waals surface area contributed by atoms with Crippen LogP contribution >= 0.6 is 11.3 Å². The number of aromatic nitrogens is 2. The van der Waals surface area contributed by atoms with E-state index < -0.39 is 0 Å². The van der Waals surface area contributed by atoms with Crippen LogP contribution in [0.3, 0.4) is 0 Å². The molecule has 0 atom stereocenters. The van der Waals surface area contributed by atoms with E-state index in [4.69, 9.17) is 10.2 Å². The van der Waals surface area contributed by atoms with Gasteiger partial charge in [-0.1, -0.05) is 48.5 Å². The Bertz CT molecular complexity index is 1370. The van der Waals surface area contributed by atoms with Crippen LogP contribution in [-0.2, 0) is 17.9 Å². The van der Waals surface area contributed by atoms with E-state index in [2.05, 4.69) is 45.2 Å². The van der Waals surface area contributed by atoms with Crippen LogP contribution in [0, 0.1) is 11.3 Å². The Balaban J connectivity index is 1.17. The number of thiazole rings is 1. The molecule has 1 aliphatic heterocycles. The molecule has 1 amide bonds. The van der Waals surface area contributed by atoms with Crippen molar-refractivity contribution in [1.82, 2.24) is 19.4 Å². The lowest BCUT2D eigenvalue weighted by molar-refractivity contribution is -0.127. The maximum atomic E-state index is 12.9. The van der Waals surface area contributed by atoms with E-state index in [0.717, 1.165) is 52.4 Å². The van der Waals surface area contributed by atoms with Gasteiger partial charge in [-0.05, 0) is 12.1 Å². The topological polar surface area (TPSA) is 65.2 Å². The summed E-state index contributed by atoms with van der Waals surface area (Å²) in [5.41, 5.74) is 4.32. The van der Waals surface area contributed by atoms with Crippen LogP contribution in [0.1, 0.15) is 17.7 Å². The number of para-hydroxylation sites is 1. The molecular weight excluding hydrogens is 454 g/mol. The Kier molecular flexibility index (Phi) is 7.03. The maximum absolute atomic E-state index is 12.9. The molecule has 6 nitrogen and oxygen atoms in total. The minimum absolute atomic E-state index is 0.0403. The summed E-state index contributed by atoms with van der Waals surface area (Å²) in [6, 6.07) is 20.6. The number of amides is 1. The first-order valence-corrected chi connectivity index (χ1v) is 12.7. The van der Waals surface area contributed by atoms with Crippen LogP contribution in [-0.4, -0.2) is 51.4 Å². The van der Waals surface area contributed by atoms with Gasteiger partial charge in [-0.15, -0.1) is 11.3 Å². The monoisotopic (exact) mass is 481 g/mol. The second kappa shape index (κ2) is 10.7. The van der Waals surface area contributed by atoms with Gasteiger partial charge in [-0.2, -0.15) is 5.26 Å². The Morgan fingerprint density at radius 1 is 1.06 bits per heavy atom. The second-order valence-corrected chi connectivity index (χ2v) is 9.51. The number of piperazine rings is 1. The maximum Gasteiger partial charge on any atom is 0.246 e. The molecule has 2 aromatic carbocycles. The predicted molar refractivity (Wildman–Crippen MR) is 141 cm³/mol. The summed E-state index contributed by atoms with van der Waals surface area (Å²) >= 11 is 1.68. The molecule has 0 spiro atoms. The Morgan fingerprint density at radius 3 is 2.63 bits per heavy atom. The SMILES string of the molecule is N#CCCn1cc(/C=C/C(=O)N2CCN(Cc3csc(-c4ccccc4)n3)CC2)c2ccccc21. The molecule has 2 aromatic heterocycles. The molecule has 1 saturated heterocycles. The molecule has 1 aliphatic rings. The Morgan fingerprint density at radius 2 is 1.83 bits per heavy atom. The zero-order chi connectivity index (χ0) is 24.0. The van der Waals surface area contributed by atoms with E-state index in [1.54, 1.807) is 17.4 Å². The molecule has 0 aliphatic carbocycles. The number of rotatable bonds is 7. The van der Waals surface area contributed by atoms with Gasteiger partial charge < -0.3 is 9.47 Å². The van der Waals surface area contributed by atoms with Crippen molar-refractivity contribution < 1.29 is 4.79 Å². The molecule has 5 rings (SSSR count).